The summed E-state index contributed by atoms with van der Waals surface area (Å²) < 4.78 is 17.8. The Balaban J connectivity index is 1.45. The monoisotopic (exact) mass is 314 g/mol. The van der Waals surface area contributed by atoms with Crippen LogP contribution in [0.5, 0.6) is 0 Å². The summed E-state index contributed by atoms with van der Waals surface area (Å²) in [5, 5.41) is 0. The number of hydrogen-bond acceptors (Lipinski definition) is 5. The molecule has 2 aliphatic rings. The second-order valence-corrected chi connectivity index (χ2v) is 6.23. The van der Waals surface area contributed by atoms with Crippen LogP contribution in [0.25, 0.3) is 0 Å². The Hall–Kier alpha value is -1.69. The second-order valence-electron chi connectivity index (χ2n) is 6.23. The minimum atomic E-state index is 0.126. The number of hydrogen-bond donors (Lipinski definition) is 0. The van der Waals surface area contributed by atoms with Gasteiger partial charge >= 0.3 is 0 Å². The first-order valence-corrected chi connectivity index (χ1v) is 8.29. The minimum absolute atomic E-state index is 0.126. The van der Waals surface area contributed by atoms with E-state index in [4.69, 9.17) is 13.9 Å². The molecule has 5 nitrogen and oxygen atoms in total. The third kappa shape index (κ3) is 3.32. The molecule has 2 aromatic rings. The quantitative estimate of drug-likeness (QED) is 0.849. The first kappa shape index (κ1) is 14.9. The summed E-state index contributed by atoms with van der Waals surface area (Å²) in [5.74, 6) is 1.00. The van der Waals surface area contributed by atoms with E-state index in [9.17, 15) is 0 Å². The van der Waals surface area contributed by atoms with E-state index in [1.165, 1.54) is 0 Å². The molecule has 1 aliphatic heterocycles. The summed E-state index contributed by atoms with van der Waals surface area (Å²) in [7, 11) is 0. The van der Waals surface area contributed by atoms with Gasteiger partial charge < -0.3 is 13.9 Å². The SMILES string of the molecule is c1coc(CN2CCO[C@H]3CC[C@H]2[C@H]3OCc2ccncc2)c1. The molecule has 0 amide bonds. The Bertz CT molecular complexity index is 602. The molecule has 3 atom stereocenters. The Morgan fingerprint density at radius 2 is 2.13 bits per heavy atom. The Morgan fingerprint density at radius 3 is 2.96 bits per heavy atom. The Morgan fingerprint density at radius 1 is 1.22 bits per heavy atom. The molecule has 1 saturated carbocycles. The molecule has 23 heavy (non-hydrogen) atoms. The number of rotatable bonds is 5. The van der Waals surface area contributed by atoms with Gasteiger partial charge in [-0.1, -0.05) is 0 Å². The van der Waals surface area contributed by atoms with Gasteiger partial charge in [-0.25, -0.2) is 0 Å². The maximum Gasteiger partial charge on any atom is 0.117 e. The van der Waals surface area contributed by atoms with Crippen LogP contribution in [0.3, 0.4) is 0 Å². The van der Waals surface area contributed by atoms with Crippen molar-refractivity contribution in [3.8, 4) is 0 Å². The second kappa shape index (κ2) is 6.83. The molecule has 2 bridgehead atoms. The van der Waals surface area contributed by atoms with Crippen LogP contribution in [-0.4, -0.2) is 41.3 Å². The molecule has 2 aromatic heterocycles. The molecule has 3 heterocycles. The average Bonchev–Trinajstić information content (AvgIpc) is 3.18. The van der Waals surface area contributed by atoms with E-state index in [1.807, 2.05) is 24.3 Å². The van der Waals surface area contributed by atoms with Crippen LogP contribution in [0.2, 0.25) is 0 Å². The summed E-state index contributed by atoms with van der Waals surface area (Å²) in [6, 6.07) is 8.37. The molecule has 1 aliphatic carbocycles. The summed E-state index contributed by atoms with van der Waals surface area (Å²) in [6.07, 6.45) is 7.87. The van der Waals surface area contributed by atoms with Crippen molar-refractivity contribution in [2.24, 2.45) is 0 Å². The molecular weight excluding hydrogens is 292 g/mol. The maximum atomic E-state index is 6.26. The van der Waals surface area contributed by atoms with Gasteiger partial charge in [-0.3, -0.25) is 9.88 Å². The van der Waals surface area contributed by atoms with Crippen molar-refractivity contribution in [2.45, 2.75) is 44.2 Å². The lowest BCUT2D eigenvalue weighted by molar-refractivity contribution is -0.0616. The lowest BCUT2D eigenvalue weighted by atomic mass is 10.1. The number of aromatic nitrogens is 1. The maximum absolute atomic E-state index is 6.26. The first-order chi connectivity index (χ1) is 11.4. The largest absolute Gasteiger partial charge is 0.468 e. The Kier molecular flexibility index (Phi) is 4.41. The van der Waals surface area contributed by atoms with Crippen molar-refractivity contribution < 1.29 is 13.9 Å². The van der Waals surface area contributed by atoms with Crippen molar-refractivity contribution in [1.29, 1.82) is 0 Å². The van der Waals surface area contributed by atoms with Crippen LogP contribution in [-0.2, 0) is 22.6 Å². The molecule has 0 aromatic carbocycles. The first-order valence-electron chi connectivity index (χ1n) is 8.29. The van der Waals surface area contributed by atoms with Crippen LogP contribution in [0.1, 0.15) is 24.2 Å². The fraction of sp³-hybridized carbons (Fsp3) is 0.500. The lowest BCUT2D eigenvalue weighted by Crippen LogP contribution is -2.42. The van der Waals surface area contributed by atoms with Crippen molar-refractivity contribution >= 4 is 0 Å². The van der Waals surface area contributed by atoms with E-state index >= 15 is 0 Å². The van der Waals surface area contributed by atoms with E-state index in [-0.39, 0.29) is 12.2 Å². The highest BCUT2D eigenvalue weighted by Gasteiger charge is 2.43. The van der Waals surface area contributed by atoms with E-state index < -0.39 is 0 Å². The summed E-state index contributed by atoms with van der Waals surface area (Å²) >= 11 is 0. The van der Waals surface area contributed by atoms with Crippen molar-refractivity contribution in [3.05, 3.63) is 54.2 Å². The van der Waals surface area contributed by atoms with Gasteiger partial charge in [0.15, 0.2) is 0 Å². The highest BCUT2D eigenvalue weighted by molar-refractivity contribution is 5.08. The van der Waals surface area contributed by atoms with Crippen LogP contribution < -0.4 is 0 Å². The highest BCUT2D eigenvalue weighted by atomic mass is 16.5. The van der Waals surface area contributed by atoms with Gasteiger partial charge in [0.1, 0.15) is 5.76 Å². The predicted octanol–water partition coefficient (Wildman–Crippen LogP) is 2.62. The van der Waals surface area contributed by atoms with E-state index in [0.717, 1.165) is 43.9 Å². The van der Waals surface area contributed by atoms with Gasteiger partial charge in [0.05, 0.1) is 38.2 Å². The summed E-state index contributed by atoms with van der Waals surface area (Å²) in [6.45, 7) is 3.12. The highest BCUT2D eigenvalue weighted by Crippen LogP contribution is 2.33. The third-order valence-electron chi connectivity index (χ3n) is 4.80. The number of fused-ring (bicyclic) bond motifs is 2. The van der Waals surface area contributed by atoms with Crippen LogP contribution in [0.15, 0.2) is 47.3 Å². The third-order valence-corrected chi connectivity index (χ3v) is 4.80. The zero-order chi connectivity index (χ0) is 15.5. The van der Waals surface area contributed by atoms with Gasteiger partial charge in [0.25, 0.3) is 0 Å². The van der Waals surface area contributed by atoms with Crippen LogP contribution in [0, 0.1) is 0 Å². The summed E-state index contributed by atoms with van der Waals surface area (Å²) in [4.78, 5) is 6.50. The van der Waals surface area contributed by atoms with Gasteiger partial charge in [0, 0.05) is 25.0 Å². The van der Waals surface area contributed by atoms with Gasteiger partial charge in [0.2, 0.25) is 0 Å². The molecule has 0 N–H and O–H groups in total. The molecule has 0 radical (unpaired) electrons. The number of nitrogens with zero attached hydrogens (tertiary/aromatic N) is 2. The van der Waals surface area contributed by atoms with E-state index in [2.05, 4.69) is 9.88 Å². The molecule has 122 valence electrons. The summed E-state index contributed by atoms with van der Waals surface area (Å²) in [5.41, 5.74) is 1.15. The van der Waals surface area contributed by atoms with Crippen molar-refractivity contribution in [3.63, 3.8) is 0 Å². The Labute approximate surface area is 136 Å². The average molecular weight is 314 g/mol. The number of furan rings is 1. The van der Waals surface area contributed by atoms with Gasteiger partial charge in [-0.05, 0) is 42.7 Å². The van der Waals surface area contributed by atoms with Crippen LogP contribution >= 0.6 is 0 Å². The smallest absolute Gasteiger partial charge is 0.117 e. The fourth-order valence-corrected chi connectivity index (χ4v) is 3.66. The van der Waals surface area contributed by atoms with Gasteiger partial charge in [-0.2, -0.15) is 0 Å². The van der Waals surface area contributed by atoms with Crippen LogP contribution in [0.4, 0.5) is 0 Å². The standard InChI is InChI=1S/C18H22N2O3/c1-2-15(21-10-1)12-20-9-11-22-17-4-3-16(20)18(17)23-13-14-5-7-19-8-6-14/h1-2,5-8,10,16-18H,3-4,9,11-13H2/t16-,17-,18+/m0/s1. The van der Waals surface area contributed by atoms with Crippen molar-refractivity contribution in [2.75, 3.05) is 13.2 Å². The van der Waals surface area contributed by atoms with E-state index in [1.54, 1.807) is 18.7 Å². The van der Waals surface area contributed by atoms with Gasteiger partial charge in [-0.15, -0.1) is 0 Å². The fourth-order valence-electron chi connectivity index (χ4n) is 3.66. The molecule has 4 rings (SSSR count). The molecule has 0 spiro atoms. The predicted molar refractivity (Wildman–Crippen MR) is 84.7 cm³/mol. The van der Waals surface area contributed by atoms with Crippen molar-refractivity contribution in [1.82, 2.24) is 9.88 Å². The molecular formula is C18H22N2O3. The zero-order valence-electron chi connectivity index (χ0n) is 13.1. The zero-order valence-corrected chi connectivity index (χ0v) is 13.1. The normalized spacial score (nSPS) is 27.9. The molecule has 0 unspecified atom stereocenters. The number of ether oxygens (including phenoxy) is 2. The lowest BCUT2D eigenvalue weighted by Gasteiger charge is -2.30. The molecule has 2 fully saturated rings. The molecule has 5 heteroatoms. The van der Waals surface area contributed by atoms with E-state index in [0.29, 0.717) is 12.6 Å². The topological polar surface area (TPSA) is 47.7 Å². The minimum Gasteiger partial charge on any atom is -0.468 e. The molecule has 1 saturated heterocycles. The number of pyridine rings is 1.